The number of rotatable bonds is 8. The molecule has 1 aliphatic heterocycles. The Morgan fingerprint density at radius 2 is 1.71 bits per heavy atom. The molecular weight excluding hydrogens is 435 g/mol. The summed E-state index contributed by atoms with van der Waals surface area (Å²) < 4.78 is 5.60. The molecule has 7 heteroatoms. The minimum Gasteiger partial charge on any atom is -0.425 e. The van der Waals surface area contributed by atoms with E-state index in [1.54, 1.807) is 30.1 Å². The van der Waals surface area contributed by atoms with Gasteiger partial charge in [0, 0.05) is 30.7 Å². The predicted octanol–water partition coefficient (Wildman–Crippen LogP) is 4.47. The average molecular weight is 465 g/mol. The molecule has 31 heavy (non-hydrogen) atoms. The number of ether oxygens (including phenoxy) is 1. The Kier molecular flexibility index (Phi) is 8.52. The lowest BCUT2D eigenvalue weighted by molar-refractivity contribution is -0.141. The summed E-state index contributed by atoms with van der Waals surface area (Å²) >= 11 is 6.26. The maximum absolute atomic E-state index is 13.2. The first-order chi connectivity index (χ1) is 14.3. The number of carbonyl (C=O) groups excluding carboxylic acids is 2. The number of amides is 1. The zero-order valence-corrected chi connectivity index (χ0v) is 20.1. The zero-order valence-electron chi connectivity index (χ0n) is 18.5. The van der Waals surface area contributed by atoms with Crippen LogP contribution >= 0.6 is 24.0 Å². The van der Waals surface area contributed by atoms with E-state index in [9.17, 15) is 9.59 Å². The van der Waals surface area contributed by atoms with Crippen molar-refractivity contribution in [3.05, 3.63) is 64.2 Å². The van der Waals surface area contributed by atoms with Gasteiger partial charge in [0.15, 0.2) is 0 Å². The van der Waals surface area contributed by atoms with Crippen LogP contribution < -0.4 is 4.74 Å². The van der Waals surface area contributed by atoms with Gasteiger partial charge < -0.3 is 14.5 Å². The molecule has 168 valence electrons. The number of halogens is 2. The Morgan fingerprint density at radius 3 is 2.32 bits per heavy atom. The number of likely N-dealkylation sites (N-methyl/N-ethyl adjacent to an activating group) is 2. The molecule has 1 atom stereocenters. The van der Waals surface area contributed by atoms with Crippen molar-refractivity contribution < 1.29 is 14.3 Å². The highest BCUT2D eigenvalue weighted by Crippen LogP contribution is 2.48. The first-order valence-corrected chi connectivity index (χ1v) is 10.7. The Labute approximate surface area is 195 Å². The second-order valence-corrected chi connectivity index (χ2v) is 8.26. The molecule has 0 saturated heterocycles. The highest BCUT2D eigenvalue weighted by Gasteiger charge is 2.52. The van der Waals surface area contributed by atoms with E-state index in [4.69, 9.17) is 16.3 Å². The number of aryl methyl sites for hydroxylation is 1. The number of hydrogen-bond donors (Lipinski definition) is 0. The van der Waals surface area contributed by atoms with Gasteiger partial charge in [0.25, 0.3) is 0 Å². The largest absolute Gasteiger partial charge is 0.425 e. The van der Waals surface area contributed by atoms with Crippen molar-refractivity contribution in [2.45, 2.75) is 32.6 Å². The molecule has 1 amide bonds. The molecule has 3 rings (SSSR count). The van der Waals surface area contributed by atoms with Gasteiger partial charge in [0.2, 0.25) is 5.91 Å². The number of hydrogen-bond acceptors (Lipinski definition) is 4. The van der Waals surface area contributed by atoms with Crippen molar-refractivity contribution in [3.8, 4) is 5.75 Å². The number of fused-ring (bicyclic) bond motifs is 1. The standard InChI is InChI=1S/C24H29ClN2O3.ClH/c1-5-27(6-2)14-13-26(4)22(28)16-24(18-9-7-17(3)8-10-18)20-15-19(25)11-12-21(20)30-23(24)29;/h7-12,15H,5-6,13-14,16H2,1-4H3;1H. The van der Waals surface area contributed by atoms with E-state index < -0.39 is 11.4 Å². The molecule has 0 N–H and O–H groups in total. The molecule has 2 aromatic rings. The fourth-order valence-electron chi connectivity index (χ4n) is 3.92. The topological polar surface area (TPSA) is 49.9 Å². The van der Waals surface area contributed by atoms with Gasteiger partial charge in [-0.1, -0.05) is 55.3 Å². The molecular formula is C24H30Cl2N2O3. The van der Waals surface area contributed by atoms with Crippen molar-refractivity contribution in [1.82, 2.24) is 9.80 Å². The van der Waals surface area contributed by atoms with Gasteiger partial charge in [-0.3, -0.25) is 9.59 Å². The predicted molar refractivity (Wildman–Crippen MR) is 126 cm³/mol. The fraction of sp³-hybridized carbons (Fsp3) is 0.417. The minimum absolute atomic E-state index is 0. The summed E-state index contributed by atoms with van der Waals surface area (Å²) in [5, 5.41) is 0.505. The Bertz CT molecular complexity index is 929. The van der Waals surface area contributed by atoms with Crippen molar-refractivity contribution in [2.75, 3.05) is 33.2 Å². The lowest BCUT2D eigenvalue weighted by Crippen LogP contribution is -2.43. The average Bonchev–Trinajstić information content (AvgIpc) is 3.00. The van der Waals surface area contributed by atoms with Crippen LogP contribution in [-0.2, 0) is 15.0 Å². The van der Waals surface area contributed by atoms with E-state index in [-0.39, 0.29) is 24.7 Å². The number of carbonyl (C=O) groups is 2. The Balaban J connectivity index is 0.00000341. The molecule has 1 heterocycles. The summed E-state index contributed by atoms with van der Waals surface area (Å²) in [6, 6.07) is 12.8. The third kappa shape index (κ3) is 5.05. The van der Waals surface area contributed by atoms with E-state index in [2.05, 4.69) is 18.7 Å². The van der Waals surface area contributed by atoms with Crippen molar-refractivity contribution in [2.24, 2.45) is 0 Å². The second-order valence-electron chi connectivity index (χ2n) is 7.82. The Hall–Kier alpha value is -2.08. The monoisotopic (exact) mass is 464 g/mol. The molecule has 0 spiro atoms. The van der Waals surface area contributed by atoms with Gasteiger partial charge in [-0.15, -0.1) is 12.4 Å². The third-order valence-corrected chi connectivity index (χ3v) is 6.22. The molecule has 2 aromatic carbocycles. The van der Waals surface area contributed by atoms with E-state index >= 15 is 0 Å². The van der Waals surface area contributed by atoms with Gasteiger partial charge in [0.1, 0.15) is 11.2 Å². The molecule has 0 radical (unpaired) electrons. The van der Waals surface area contributed by atoms with Gasteiger partial charge in [-0.05, 0) is 43.8 Å². The summed E-state index contributed by atoms with van der Waals surface area (Å²) in [5.41, 5.74) is 1.27. The van der Waals surface area contributed by atoms with Crippen LogP contribution in [0.4, 0.5) is 0 Å². The van der Waals surface area contributed by atoms with Crippen LogP contribution in [0.3, 0.4) is 0 Å². The zero-order chi connectivity index (χ0) is 21.9. The van der Waals surface area contributed by atoms with Gasteiger partial charge >= 0.3 is 5.97 Å². The fourth-order valence-corrected chi connectivity index (χ4v) is 4.09. The molecule has 0 saturated carbocycles. The van der Waals surface area contributed by atoms with Crippen LogP contribution in [0.5, 0.6) is 5.75 Å². The van der Waals surface area contributed by atoms with Crippen LogP contribution in [0.15, 0.2) is 42.5 Å². The lowest BCUT2D eigenvalue weighted by Gasteiger charge is -2.29. The second kappa shape index (κ2) is 10.5. The van der Waals surface area contributed by atoms with Crippen LogP contribution in [0, 0.1) is 6.92 Å². The maximum Gasteiger partial charge on any atom is 0.327 e. The van der Waals surface area contributed by atoms with Crippen LogP contribution in [0.25, 0.3) is 0 Å². The van der Waals surface area contributed by atoms with Crippen molar-refractivity contribution in [3.63, 3.8) is 0 Å². The lowest BCUT2D eigenvalue weighted by atomic mass is 9.72. The van der Waals surface area contributed by atoms with Crippen LogP contribution in [0.1, 0.15) is 37.0 Å². The van der Waals surface area contributed by atoms with Crippen LogP contribution in [0.2, 0.25) is 5.02 Å². The summed E-state index contributed by atoms with van der Waals surface area (Å²) in [4.78, 5) is 30.4. The van der Waals surface area contributed by atoms with Gasteiger partial charge in [-0.25, -0.2) is 0 Å². The summed E-state index contributed by atoms with van der Waals surface area (Å²) in [5.74, 6) is -0.0785. The van der Waals surface area contributed by atoms with Gasteiger partial charge in [0.05, 0.1) is 6.42 Å². The normalized spacial score (nSPS) is 17.2. The summed E-state index contributed by atoms with van der Waals surface area (Å²) in [6.45, 7) is 9.45. The molecule has 0 bridgehead atoms. The quantitative estimate of drug-likeness (QED) is 0.427. The van der Waals surface area contributed by atoms with E-state index in [1.165, 1.54) is 0 Å². The van der Waals surface area contributed by atoms with Gasteiger partial charge in [-0.2, -0.15) is 0 Å². The molecule has 0 fully saturated rings. The van der Waals surface area contributed by atoms with Crippen molar-refractivity contribution >= 4 is 35.9 Å². The molecule has 0 aliphatic carbocycles. The van der Waals surface area contributed by atoms with E-state index in [0.29, 0.717) is 22.9 Å². The highest BCUT2D eigenvalue weighted by atomic mass is 35.5. The summed E-state index contributed by atoms with van der Waals surface area (Å²) in [6.07, 6.45) is -0.00299. The van der Waals surface area contributed by atoms with E-state index in [0.717, 1.165) is 30.8 Å². The number of esters is 1. The molecule has 5 nitrogen and oxygen atoms in total. The summed E-state index contributed by atoms with van der Waals surface area (Å²) in [7, 11) is 1.79. The maximum atomic E-state index is 13.2. The minimum atomic E-state index is -1.20. The number of benzene rings is 2. The molecule has 0 aromatic heterocycles. The molecule has 1 aliphatic rings. The van der Waals surface area contributed by atoms with Crippen molar-refractivity contribution in [1.29, 1.82) is 0 Å². The number of nitrogens with zero attached hydrogens (tertiary/aromatic N) is 2. The third-order valence-electron chi connectivity index (χ3n) is 5.99. The van der Waals surface area contributed by atoms with E-state index in [1.807, 2.05) is 31.2 Å². The first-order valence-electron chi connectivity index (χ1n) is 10.4. The van der Waals surface area contributed by atoms with Crippen LogP contribution in [-0.4, -0.2) is 54.9 Å². The highest BCUT2D eigenvalue weighted by molar-refractivity contribution is 6.30. The smallest absolute Gasteiger partial charge is 0.327 e. The molecule has 1 unspecified atom stereocenters. The Morgan fingerprint density at radius 1 is 1.06 bits per heavy atom. The SMILES string of the molecule is CCN(CC)CCN(C)C(=O)CC1(c2ccc(C)cc2)C(=O)Oc2ccc(Cl)cc21.Cl. The first kappa shape index (κ1) is 25.2.